The molecule has 0 saturated carbocycles. The molecule has 27 heavy (non-hydrogen) atoms. The van der Waals surface area contributed by atoms with Gasteiger partial charge >= 0.3 is 0 Å². The summed E-state index contributed by atoms with van der Waals surface area (Å²) in [4.78, 5) is 14.2. The molecule has 12 heteroatoms. The van der Waals surface area contributed by atoms with E-state index in [1.54, 1.807) is 0 Å². The van der Waals surface area contributed by atoms with E-state index in [-0.39, 0.29) is 22.2 Å². The van der Waals surface area contributed by atoms with Crippen molar-refractivity contribution >= 4 is 46.0 Å². The number of aromatic nitrogens is 3. The molecule has 0 aliphatic carbocycles. The Bertz CT molecular complexity index is 1070. The fraction of sp³-hybridized carbons (Fsp3) is 0. The zero-order chi connectivity index (χ0) is 19.6. The summed E-state index contributed by atoms with van der Waals surface area (Å²) in [5, 5.41) is 33.4. The van der Waals surface area contributed by atoms with Gasteiger partial charge in [-0.3, -0.25) is 15.1 Å². The maximum Gasteiger partial charge on any atom is 0.269 e. The van der Waals surface area contributed by atoms with E-state index in [0.29, 0.717) is 16.3 Å². The van der Waals surface area contributed by atoms with E-state index >= 15 is 0 Å². The number of aromatic hydroxyl groups is 1. The van der Waals surface area contributed by atoms with Crippen molar-refractivity contribution in [1.82, 2.24) is 14.8 Å². The third kappa shape index (κ3) is 3.88. The van der Waals surface area contributed by atoms with Crippen molar-refractivity contribution < 1.29 is 10.0 Å². The van der Waals surface area contributed by atoms with Gasteiger partial charge in [0.25, 0.3) is 5.69 Å². The summed E-state index contributed by atoms with van der Waals surface area (Å²) in [7, 11) is 0. The van der Waals surface area contributed by atoms with E-state index in [4.69, 9.17) is 29.6 Å². The van der Waals surface area contributed by atoms with Crippen LogP contribution < -0.4 is 5.73 Å². The Hall–Kier alpha value is -3.44. The minimum atomic E-state index is -0.526. The van der Waals surface area contributed by atoms with Crippen molar-refractivity contribution in [3.8, 4) is 17.1 Å². The standard InChI is InChI=1S/C15H10ClN7O3S/c16-9-5-10(7-18-6-9)19-20-13-12(21-22(14(13)24)15(17)27)8-1-3-11(4-2-8)23(25)26/h1-7,24H,(H2,17,27)/b20-19+. The Morgan fingerprint density at radius 2 is 2.00 bits per heavy atom. The molecule has 0 bridgehead atoms. The fourth-order valence-electron chi connectivity index (χ4n) is 2.15. The van der Waals surface area contributed by atoms with Gasteiger partial charge in [0.2, 0.25) is 5.88 Å². The molecule has 10 nitrogen and oxygen atoms in total. The molecule has 0 radical (unpaired) electrons. The van der Waals surface area contributed by atoms with Crippen LogP contribution in [-0.2, 0) is 0 Å². The second-order valence-corrected chi connectivity index (χ2v) is 5.99. The van der Waals surface area contributed by atoms with Crippen LogP contribution in [0.5, 0.6) is 5.88 Å². The van der Waals surface area contributed by atoms with Crippen molar-refractivity contribution in [3.63, 3.8) is 0 Å². The highest BCUT2D eigenvalue weighted by Gasteiger charge is 2.21. The van der Waals surface area contributed by atoms with Gasteiger partial charge in [-0.15, -0.1) is 10.2 Å². The van der Waals surface area contributed by atoms with Gasteiger partial charge in [0.05, 0.1) is 16.1 Å². The molecular weight excluding hydrogens is 394 g/mol. The van der Waals surface area contributed by atoms with Crippen LogP contribution in [-0.4, -0.2) is 29.9 Å². The van der Waals surface area contributed by atoms with E-state index in [2.05, 4.69) is 20.3 Å². The highest BCUT2D eigenvalue weighted by Crippen LogP contribution is 2.38. The number of hydrogen-bond donors (Lipinski definition) is 2. The molecule has 1 aromatic carbocycles. The number of azo groups is 1. The van der Waals surface area contributed by atoms with Gasteiger partial charge in [-0.2, -0.15) is 9.78 Å². The molecule has 0 fully saturated rings. The van der Waals surface area contributed by atoms with Crippen LogP contribution in [0.25, 0.3) is 11.3 Å². The smallest absolute Gasteiger partial charge is 0.269 e. The summed E-state index contributed by atoms with van der Waals surface area (Å²) in [6.07, 6.45) is 2.86. The average Bonchev–Trinajstić information content (AvgIpc) is 2.97. The lowest BCUT2D eigenvalue weighted by atomic mass is 10.1. The predicted molar refractivity (Wildman–Crippen MR) is 102 cm³/mol. The van der Waals surface area contributed by atoms with Gasteiger partial charge < -0.3 is 10.8 Å². The van der Waals surface area contributed by atoms with E-state index in [1.807, 2.05) is 0 Å². The summed E-state index contributed by atoms with van der Waals surface area (Å²) in [5.74, 6) is -0.422. The lowest BCUT2D eigenvalue weighted by Gasteiger charge is -1.98. The van der Waals surface area contributed by atoms with Gasteiger partial charge in [0.15, 0.2) is 10.8 Å². The zero-order valence-electron chi connectivity index (χ0n) is 13.4. The van der Waals surface area contributed by atoms with Gasteiger partial charge in [0.1, 0.15) is 11.4 Å². The first-order valence-corrected chi connectivity index (χ1v) is 8.04. The van der Waals surface area contributed by atoms with Crippen molar-refractivity contribution in [2.24, 2.45) is 16.0 Å². The third-order valence-corrected chi connectivity index (χ3v) is 3.73. The molecule has 2 heterocycles. The van der Waals surface area contributed by atoms with E-state index < -0.39 is 10.8 Å². The molecule has 136 valence electrons. The predicted octanol–water partition coefficient (Wildman–Crippen LogP) is 3.72. The van der Waals surface area contributed by atoms with Crippen LogP contribution in [0.1, 0.15) is 0 Å². The summed E-state index contributed by atoms with van der Waals surface area (Å²) in [6.45, 7) is 0. The topological polar surface area (TPSA) is 145 Å². The van der Waals surface area contributed by atoms with Crippen molar-refractivity contribution in [2.75, 3.05) is 0 Å². The Morgan fingerprint density at radius 3 is 2.59 bits per heavy atom. The van der Waals surface area contributed by atoms with Gasteiger partial charge in [0, 0.05) is 23.9 Å². The number of nitro groups is 1. The van der Waals surface area contributed by atoms with Crippen molar-refractivity contribution in [3.05, 3.63) is 57.9 Å². The number of nitro benzene ring substituents is 1. The molecule has 3 N–H and O–H groups in total. The summed E-state index contributed by atoms with van der Waals surface area (Å²) in [6, 6.07) is 7.05. The largest absolute Gasteiger partial charge is 0.492 e. The zero-order valence-corrected chi connectivity index (χ0v) is 14.9. The number of nitrogens with zero attached hydrogens (tertiary/aromatic N) is 6. The first-order valence-electron chi connectivity index (χ1n) is 7.25. The molecule has 0 spiro atoms. The molecule has 3 rings (SSSR count). The van der Waals surface area contributed by atoms with Crippen LogP contribution >= 0.6 is 23.8 Å². The maximum absolute atomic E-state index is 10.8. The number of hydrogen-bond acceptors (Lipinski definition) is 8. The van der Waals surface area contributed by atoms with Crippen LogP contribution in [0.2, 0.25) is 5.02 Å². The Labute approximate surface area is 162 Å². The minimum absolute atomic E-state index is 0.0170. The highest BCUT2D eigenvalue weighted by molar-refractivity contribution is 7.80. The SMILES string of the molecule is NC(=S)n1nc(-c2ccc([N+](=O)[O-])cc2)c(/N=N/c2cncc(Cl)c2)c1O. The third-order valence-electron chi connectivity index (χ3n) is 3.35. The van der Waals surface area contributed by atoms with Crippen LogP contribution in [0.15, 0.2) is 53.0 Å². The number of non-ortho nitro benzene ring substituents is 1. The van der Waals surface area contributed by atoms with Crippen molar-refractivity contribution in [1.29, 1.82) is 0 Å². The van der Waals surface area contributed by atoms with E-state index in [0.717, 1.165) is 4.68 Å². The number of halogens is 1. The normalized spacial score (nSPS) is 11.0. The van der Waals surface area contributed by atoms with E-state index in [9.17, 15) is 15.2 Å². The number of rotatable bonds is 4. The molecule has 0 atom stereocenters. The van der Waals surface area contributed by atoms with Crippen LogP contribution in [0.4, 0.5) is 17.1 Å². The molecule has 0 unspecified atom stereocenters. The number of nitrogens with two attached hydrogens (primary N) is 1. The lowest BCUT2D eigenvalue weighted by molar-refractivity contribution is -0.384. The van der Waals surface area contributed by atoms with Crippen LogP contribution in [0.3, 0.4) is 0 Å². The molecule has 0 aliphatic rings. The van der Waals surface area contributed by atoms with Gasteiger partial charge in [-0.1, -0.05) is 11.6 Å². The minimum Gasteiger partial charge on any atom is -0.492 e. The Balaban J connectivity index is 2.09. The monoisotopic (exact) mass is 403 g/mol. The first-order chi connectivity index (χ1) is 12.9. The molecule has 3 aromatic rings. The number of pyridine rings is 1. The first kappa shape index (κ1) is 18.4. The molecule has 2 aromatic heterocycles. The molecule has 0 saturated heterocycles. The second-order valence-electron chi connectivity index (χ2n) is 5.14. The van der Waals surface area contributed by atoms with Crippen LogP contribution in [0, 0.1) is 10.1 Å². The Kier molecular flexibility index (Phi) is 5.05. The second kappa shape index (κ2) is 7.43. The van der Waals surface area contributed by atoms with Crippen molar-refractivity contribution in [2.45, 2.75) is 0 Å². The molecule has 0 amide bonds. The van der Waals surface area contributed by atoms with E-state index in [1.165, 1.54) is 42.7 Å². The molecular formula is C15H10ClN7O3S. The number of benzene rings is 1. The average molecular weight is 404 g/mol. The summed E-state index contributed by atoms with van der Waals surface area (Å²) >= 11 is 10.7. The van der Waals surface area contributed by atoms with Gasteiger partial charge in [-0.25, -0.2) is 0 Å². The highest BCUT2D eigenvalue weighted by atomic mass is 35.5. The lowest BCUT2D eigenvalue weighted by Crippen LogP contribution is -2.19. The summed E-state index contributed by atoms with van der Waals surface area (Å²) in [5.41, 5.74) is 6.42. The summed E-state index contributed by atoms with van der Waals surface area (Å²) < 4.78 is 0.913. The molecule has 0 aliphatic heterocycles. The maximum atomic E-state index is 10.8. The quantitative estimate of drug-likeness (QED) is 0.292. The van der Waals surface area contributed by atoms with Gasteiger partial charge in [-0.05, 0) is 30.4 Å². The number of thiocarbonyl (C=S) groups is 1. The Morgan fingerprint density at radius 1 is 1.30 bits per heavy atom. The fourth-order valence-corrected chi connectivity index (χ4v) is 2.44.